The van der Waals surface area contributed by atoms with E-state index in [2.05, 4.69) is 39.4 Å². The van der Waals surface area contributed by atoms with Crippen LogP contribution in [0.2, 0.25) is 10.0 Å². The summed E-state index contributed by atoms with van der Waals surface area (Å²) in [5.74, 6) is -0.0185. The Morgan fingerprint density at radius 3 is 2.19 bits per heavy atom. The van der Waals surface area contributed by atoms with E-state index in [0.717, 1.165) is 39.3 Å². The molecule has 0 saturated carbocycles. The molecule has 1 aliphatic rings. The second kappa shape index (κ2) is 9.38. The van der Waals surface area contributed by atoms with Gasteiger partial charge in [-0.15, -0.1) is 0 Å². The number of halogens is 2. The van der Waals surface area contributed by atoms with Crippen molar-refractivity contribution in [3.8, 4) is 0 Å². The summed E-state index contributed by atoms with van der Waals surface area (Å²) >= 11 is 11.9. The monoisotopic (exact) mass is 391 g/mol. The lowest BCUT2D eigenvalue weighted by molar-refractivity contribution is -0.116. The summed E-state index contributed by atoms with van der Waals surface area (Å²) in [6.07, 6.45) is 0.461. The van der Waals surface area contributed by atoms with Gasteiger partial charge in [0.1, 0.15) is 0 Å². The minimum Gasteiger partial charge on any atom is -0.326 e. The number of hydrogen-bond donors (Lipinski definition) is 1. The highest BCUT2D eigenvalue weighted by atomic mass is 35.5. The van der Waals surface area contributed by atoms with Gasteiger partial charge in [-0.25, -0.2) is 0 Å². The van der Waals surface area contributed by atoms with Gasteiger partial charge in [0.2, 0.25) is 5.91 Å². The summed E-state index contributed by atoms with van der Waals surface area (Å²) in [6.45, 7) is 5.79. The van der Waals surface area contributed by atoms with E-state index in [1.165, 1.54) is 5.56 Å². The molecule has 0 unspecified atom stereocenters. The van der Waals surface area contributed by atoms with Crippen LogP contribution in [0.5, 0.6) is 0 Å². The highest BCUT2D eigenvalue weighted by molar-refractivity contribution is 6.35. The lowest BCUT2D eigenvalue weighted by Gasteiger charge is -2.34. The standard InChI is InChI=1S/C20H23Cl2N3O/c21-17-12-18(22)14-19(13-17)23-20(26)6-7-24-8-10-25(11-9-24)15-16-4-2-1-3-5-16/h1-5,12-14H,6-11,15H2,(H,23,26). The van der Waals surface area contributed by atoms with E-state index < -0.39 is 0 Å². The molecule has 4 nitrogen and oxygen atoms in total. The summed E-state index contributed by atoms with van der Waals surface area (Å²) in [4.78, 5) is 16.9. The molecule has 1 fully saturated rings. The first-order valence-corrected chi connectivity index (χ1v) is 9.59. The predicted octanol–water partition coefficient (Wildman–Crippen LogP) is 4.14. The fraction of sp³-hybridized carbons (Fsp3) is 0.350. The van der Waals surface area contributed by atoms with Crippen molar-refractivity contribution < 1.29 is 4.79 Å². The van der Waals surface area contributed by atoms with Crippen LogP contribution < -0.4 is 5.32 Å². The molecule has 138 valence electrons. The van der Waals surface area contributed by atoms with Gasteiger partial charge in [0.05, 0.1) is 0 Å². The molecule has 0 spiro atoms. The maximum absolute atomic E-state index is 12.1. The number of nitrogens with zero attached hydrogens (tertiary/aromatic N) is 2. The predicted molar refractivity (Wildman–Crippen MR) is 108 cm³/mol. The van der Waals surface area contributed by atoms with Crippen LogP contribution in [0.4, 0.5) is 5.69 Å². The van der Waals surface area contributed by atoms with Crippen molar-refractivity contribution in [1.29, 1.82) is 0 Å². The number of nitrogens with one attached hydrogen (secondary N) is 1. The first-order chi connectivity index (χ1) is 12.6. The third kappa shape index (κ3) is 5.99. The van der Waals surface area contributed by atoms with Gasteiger partial charge in [0.15, 0.2) is 0 Å². The molecule has 1 heterocycles. The van der Waals surface area contributed by atoms with Crippen molar-refractivity contribution in [3.63, 3.8) is 0 Å². The molecule has 2 aromatic rings. The van der Waals surface area contributed by atoms with E-state index in [1.807, 2.05) is 6.07 Å². The van der Waals surface area contributed by atoms with E-state index in [4.69, 9.17) is 23.2 Å². The van der Waals surface area contributed by atoms with Crippen LogP contribution in [-0.4, -0.2) is 48.4 Å². The van der Waals surface area contributed by atoms with Crippen LogP contribution in [0.3, 0.4) is 0 Å². The van der Waals surface area contributed by atoms with E-state index in [-0.39, 0.29) is 5.91 Å². The van der Waals surface area contributed by atoms with Crippen LogP contribution in [0, 0.1) is 0 Å². The largest absolute Gasteiger partial charge is 0.326 e. The van der Waals surface area contributed by atoms with Crippen molar-refractivity contribution >= 4 is 34.8 Å². The average Bonchev–Trinajstić information content (AvgIpc) is 2.61. The third-order valence-corrected chi connectivity index (χ3v) is 4.95. The van der Waals surface area contributed by atoms with Crippen LogP contribution in [0.15, 0.2) is 48.5 Å². The first kappa shape index (κ1) is 19.2. The van der Waals surface area contributed by atoms with Gasteiger partial charge in [0.25, 0.3) is 0 Å². The number of hydrogen-bond acceptors (Lipinski definition) is 3. The number of anilines is 1. The molecular weight excluding hydrogens is 369 g/mol. The van der Waals surface area contributed by atoms with Gasteiger partial charge >= 0.3 is 0 Å². The summed E-state index contributed by atoms with van der Waals surface area (Å²) in [6, 6.07) is 15.6. The maximum Gasteiger partial charge on any atom is 0.225 e. The lowest BCUT2D eigenvalue weighted by Crippen LogP contribution is -2.46. The van der Waals surface area contributed by atoms with Crippen LogP contribution in [0.25, 0.3) is 0 Å². The van der Waals surface area contributed by atoms with Gasteiger partial charge in [-0.05, 0) is 23.8 Å². The van der Waals surface area contributed by atoms with Gasteiger partial charge < -0.3 is 10.2 Å². The molecule has 6 heteroatoms. The molecule has 2 aromatic carbocycles. The Labute approximate surface area is 164 Å². The van der Waals surface area contributed by atoms with Crippen molar-refractivity contribution in [2.45, 2.75) is 13.0 Å². The number of piperazine rings is 1. The number of rotatable bonds is 6. The molecule has 26 heavy (non-hydrogen) atoms. The highest BCUT2D eigenvalue weighted by Crippen LogP contribution is 2.22. The number of carbonyl (C=O) groups excluding carboxylic acids is 1. The summed E-state index contributed by atoms with van der Waals surface area (Å²) in [5.41, 5.74) is 1.99. The van der Waals surface area contributed by atoms with Crippen molar-refractivity contribution in [3.05, 3.63) is 64.1 Å². The Morgan fingerprint density at radius 2 is 1.54 bits per heavy atom. The SMILES string of the molecule is O=C(CCN1CCN(Cc2ccccc2)CC1)Nc1cc(Cl)cc(Cl)c1. The molecule has 0 bridgehead atoms. The quantitative estimate of drug-likeness (QED) is 0.803. The summed E-state index contributed by atoms with van der Waals surface area (Å²) < 4.78 is 0. The van der Waals surface area contributed by atoms with Gasteiger partial charge in [-0.1, -0.05) is 53.5 Å². The minimum atomic E-state index is -0.0185. The molecular formula is C20H23Cl2N3O. The van der Waals surface area contributed by atoms with E-state index in [9.17, 15) is 4.79 Å². The Bertz CT molecular complexity index is 711. The second-order valence-corrected chi connectivity index (χ2v) is 7.43. The Balaban J connectivity index is 1.38. The van der Waals surface area contributed by atoms with Crippen molar-refractivity contribution in [2.24, 2.45) is 0 Å². The molecule has 0 aliphatic carbocycles. The van der Waals surface area contributed by atoms with Gasteiger partial charge in [-0.3, -0.25) is 9.69 Å². The summed E-state index contributed by atoms with van der Waals surface area (Å²) in [7, 11) is 0. The van der Waals surface area contributed by atoms with E-state index in [1.54, 1.807) is 18.2 Å². The number of carbonyl (C=O) groups is 1. The minimum absolute atomic E-state index is 0.0185. The lowest BCUT2D eigenvalue weighted by atomic mass is 10.2. The number of benzene rings is 2. The highest BCUT2D eigenvalue weighted by Gasteiger charge is 2.17. The zero-order valence-electron chi connectivity index (χ0n) is 14.6. The van der Waals surface area contributed by atoms with Crippen molar-refractivity contribution in [1.82, 2.24) is 9.80 Å². The molecule has 0 radical (unpaired) electrons. The molecule has 1 amide bonds. The fourth-order valence-corrected chi connectivity index (χ4v) is 3.65. The molecule has 1 N–H and O–H groups in total. The van der Waals surface area contributed by atoms with E-state index in [0.29, 0.717) is 22.2 Å². The molecule has 0 atom stereocenters. The molecule has 3 rings (SSSR count). The second-order valence-electron chi connectivity index (χ2n) is 6.56. The van der Waals surface area contributed by atoms with E-state index >= 15 is 0 Å². The zero-order chi connectivity index (χ0) is 18.4. The Morgan fingerprint density at radius 1 is 0.923 bits per heavy atom. The van der Waals surface area contributed by atoms with Gasteiger partial charge in [-0.2, -0.15) is 0 Å². The molecule has 1 saturated heterocycles. The van der Waals surface area contributed by atoms with Crippen LogP contribution >= 0.6 is 23.2 Å². The van der Waals surface area contributed by atoms with Crippen molar-refractivity contribution in [2.75, 3.05) is 38.0 Å². The maximum atomic E-state index is 12.1. The molecule has 0 aromatic heterocycles. The normalized spacial score (nSPS) is 15.8. The Hall–Kier alpha value is -1.59. The number of amides is 1. The van der Waals surface area contributed by atoms with Crippen LogP contribution in [0.1, 0.15) is 12.0 Å². The topological polar surface area (TPSA) is 35.6 Å². The molecule has 1 aliphatic heterocycles. The fourth-order valence-electron chi connectivity index (χ4n) is 3.12. The average molecular weight is 392 g/mol. The Kier molecular flexibility index (Phi) is 6.92. The van der Waals surface area contributed by atoms with Gasteiger partial charge in [0, 0.05) is 61.4 Å². The first-order valence-electron chi connectivity index (χ1n) is 8.83. The smallest absolute Gasteiger partial charge is 0.225 e. The summed E-state index contributed by atoms with van der Waals surface area (Å²) in [5, 5.41) is 3.89. The zero-order valence-corrected chi connectivity index (χ0v) is 16.1. The third-order valence-electron chi connectivity index (χ3n) is 4.52. The van der Waals surface area contributed by atoms with Crippen LogP contribution in [-0.2, 0) is 11.3 Å².